The Hall–Kier alpha value is -0.810. The monoisotopic (exact) mass is 279 g/mol. The third-order valence-corrected chi connectivity index (χ3v) is 3.70. The second kappa shape index (κ2) is 4.46. The molecule has 1 heterocycles. The van der Waals surface area contributed by atoms with Crippen LogP contribution in [0, 0.1) is 0 Å². The Balaban J connectivity index is 2.47. The largest absolute Gasteiger partial charge is 0.416 e. The quantitative estimate of drug-likeness (QED) is 0.754. The van der Waals surface area contributed by atoms with E-state index in [2.05, 4.69) is 0 Å². The topological polar surface area (TPSA) is 3.24 Å². The number of hydrogen-bond donors (Lipinski definition) is 0. The van der Waals surface area contributed by atoms with Gasteiger partial charge in [0.05, 0.1) is 17.1 Å². The minimum absolute atomic E-state index is 0.332. The summed E-state index contributed by atoms with van der Waals surface area (Å²) in [6.45, 7) is 0. The molecule has 1 aliphatic rings. The highest BCUT2D eigenvalue weighted by Gasteiger charge is 2.31. The predicted molar refractivity (Wildman–Crippen MR) is 64.7 cm³/mol. The molecule has 0 radical (unpaired) electrons. The molecular formula is C11H9ClF3NS. The Kier molecular flexibility index (Phi) is 3.32. The Bertz CT molecular complexity index is 470. The van der Waals surface area contributed by atoms with Crippen LogP contribution in [0.3, 0.4) is 0 Å². The molecule has 0 saturated heterocycles. The van der Waals surface area contributed by atoms with Crippen LogP contribution in [-0.4, -0.2) is 17.8 Å². The maximum absolute atomic E-state index is 12.6. The lowest BCUT2D eigenvalue weighted by Crippen LogP contribution is -2.12. The molecule has 0 atom stereocenters. The molecule has 0 N–H and O–H groups in total. The van der Waals surface area contributed by atoms with Gasteiger partial charge in [-0.2, -0.15) is 13.2 Å². The lowest BCUT2D eigenvalue weighted by molar-refractivity contribution is -0.137. The number of hydrogen-bond acceptors (Lipinski definition) is 2. The molecule has 0 aliphatic carbocycles. The Morgan fingerprint density at radius 3 is 2.59 bits per heavy atom. The number of benzene rings is 1. The molecule has 0 fully saturated rings. The van der Waals surface area contributed by atoms with Crippen molar-refractivity contribution in [1.82, 2.24) is 4.90 Å². The third kappa shape index (κ3) is 2.55. The number of thioether (sulfide) groups is 1. The maximum Gasteiger partial charge on any atom is 0.416 e. The van der Waals surface area contributed by atoms with Crippen molar-refractivity contribution >= 4 is 29.1 Å². The fourth-order valence-electron chi connectivity index (χ4n) is 1.55. The molecule has 0 aromatic heterocycles. The van der Waals surface area contributed by atoms with Gasteiger partial charge in [-0.1, -0.05) is 11.6 Å². The SMILES string of the molecule is CN1CSC=C1c1cc(C(F)(F)F)ccc1Cl. The minimum Gasteiger partial charge on any atom is -0.364 e. The zero-order chi connectivity index (χ0) is 12.6. The van der Waals surface area contributed by atoms with Crippen LogP contribution in [0.1, 0.15) is 11.1 Å². The fraction of sp³-hybridized carbons (Fsp3) is 0.273. The van der Waals surface area contributed by atoms with E-state index in [4.69, 9.17) is 11.6 Å². The molecule has 17 heavy (non-hydrogen) atoms. The zero-order valence-electron chi connectivity index (χ0n) is 8.88. The first-order valence-corrected chi connectivity index (χ1v) is 6.22. The van der Waals surface area contributed by atoms with Crippen LogP contribution >= 0.6 is 23.4 Å². The number of alkyl halides is 3. The summed E-state index contributed by atoms with van der Waals surface area (Å²) in [5, 5.41) is 2.15. The van der Waals surface area contributed by atoms with Crippen molar-refractivity contribution < 1.29 is 13.2 Å². The van der Waals surface area contributed by atoms with Gasteiger partial charge in [-0.3, -0.25) is 0 Å². The molecule has 0 unspecified atom stereocenters. The highest BCUT2D eigenvalue weighted by atomic mass is 35.5. The molecule has 0 bridgehead atoms. The lowest BCUT2D eigenvalue weighted by Gasteiger charge is -2.17. The third-order valence-electron chi connectivity index (χ3n) is 2.44. The highest BCUT2D eigenvalue weighted by molar-refractivity contribution is 8.02. The first-order valence-electron chi connectivity index (χ1n) is 4.79. The summed E-state index contributed by atoms with van der Waals surface area (Å²) in [5.41, 5.74) is 0.475. The number of rotatable bonds is 1. The lowest BCUT2D eigenvalue weighted by atomic mass is 10.1. The minimum atomic E-state index is -4.34. The molecule has 2 rings (SSSR count). The van der Waals surface area contributed by atoms with E-state index in [1.807, 2.05) is 17.4 Å². The molecular weight excluding hydrogens is 271 g/mol. The van der Waals surface area contributed by atoms with Gasteiger partial charge in [-0.15, -0.1) is 11.8 Å². The fourth-order valence-corrected chi connectivity index (χ4v) is 2.67. The van der Waals surface area contributed by atoms with Gasteiger partial charge in [0.15, 0.2) is 0 Å². The van der Waals surface area contributed by atoms with E-state index in [1.165, 1.54) is 17.8 Å². The van der Waals surface area contributed by atoms with E-state index in [0.717, 1.165) is 23.7 Å². The van der Waals surface area contributed by atoms with Crippen molar-refractivity contribution in [3.8, 4) is 0 Å². The summed E-state index contributed by atoms with van der Waals surface area (Å²) in [6, 6.07) is 3.38. The van der Waals surface area contributed by atoms with Gasteiger partial charge in [0.1, 0.15) is 0 Å². The second-order valence-corrected chi connectivity index (χ2v) is 4.92. The summed E-state index contributed by atoms with van der Waals surface area (Å²) in [5.74, 6) is 0.724. The molecule has 1 nitrogen and oxygen atoms in total. The average Bonchev–Trinajstić information content (AvgIpc) is 2.63. The van der Waals surface area contributed by atoms with Crippen molar-refractivity contribution in [3.63, 3.8) is 0 Å². The van der Waals surface area contributed by atoms with Gasteiger partial charge in [-0.05, 0) is 23.6 Å². The van der Waals surface area contributed by atoms with Crippen LogP contribution in [0.5, 0.6) is 0 Å². The van der Waals surface area contributed by atoms with Crippen LogP contribution in [0.15, 0.2) is 23.6 Å². The van der Waals surface area contributed by atoms with Gasteiger partial charge in [0.2, 0.25) is 0 Å². The van der Waals surface area contributed by atoms with Crippen molar-refractivity contribution in [1.29, 1.82) is 0 Å². The van der Waals surface area contributed by atoms with Crippen molar-refractivity contribution in [2.75, 3.05) is 12.9 Å². The summed E-state index contributed by atoms with van der Waals surface area (Å²) in [7, 11) is 1.82. The summed E-state index contributed by atoms with van der Waals surface area (Å²) in [4.78, 5) is 1.87. The first kappa shape index (κ1) is 12.6. The van der Waals surface area contributed by atoms with E-state index in [0.29, 0.717) is 10.6 Å². The molecule has 0 spiro atoms. The van der Waals surface area contributed by atoms with Gasteiger partial charge < -0.3 is 4.90 Å². The van der Waals surface area contributed by atoms with E-state index >= 15 is 0 Å². The van der Waals surface area contributed by atoms with Gasteiger partial charge in [-0.25, -0.2) is 0 Å². The summed E-state index contributed by atoms with van der Waals surface area (Å²) >= 11 is 7.48. The average molecular weight is 280 g/mol. The van der Waals surface area contributed by atoms with E-state index in [1.54, 1.807) is 0 Å². The van der Waals surface area contributed by atoms with Crippen molar-refractivity contribution in [2.24, 2.45) is 0 Å². The maximum atomic E-state index is 12.6. The first-order chi connectivity index (χ1) is 7.89. The van der Waals surface area contributed by atoms with Crippen LogP contribution in [0.4, 0.5) is 13.2 Å². The number of halogens is 4. The molecule has 0 saturated carbocycles. The summed E-state index contributed by atoms with van der Waals surface area (Å²) < 4.78 is 37.8. The van der Waals surface area contributed by atoms with E-state index < -0.39 is 11.7 Å². The standard InChI is InChI=1S/C11H9ClF3NS/c1-16-6-17-5-10(16)8-4-7(11(13,14)15)2-3-9(8)12/h2-5H,6H2,1H3. The number of nitrogens with zero attached hydrogens (tertiary/aromatic N) is 1. The Labute approximate surface area is 106 Å². The highest BCUT2D eigenvalue weighted by Crippen LogP contribution is 2.37. The smallest absolute Gasteiger partial charge is 0.364 e. The van der Waals surface area contributed by atoms with Crippen LogP contribution in [0.2, 0.25) is 5.02 Å². The normalized spacial score (nSPS) is 16.3. The van der Waals surface area contributed by atoms with Gasteiger partial charge in [0, 0.05) is 17.6 Å². The molecule has 92 valence electrons. The van der Waals surface area contributed by atoms with Crippen LogP contribution in [0.25, 0.3) is 5.70 Å². The van der Waals surface area contributed by atoms with Crippen LogP contribution < -0.4 is 0 Å². The molecule has 1 aromatic rings. The molecule has 1 aromatic carbocycles. The second-order valence-electron chi connectivity index (χ2n) is 3.69. The Morgan fingerprint density at radius 1 is 1.35 bits per heavy atom. The van der Waals surface area contributed by atoms with E-state index in [9.17, 15) is 13.2 Å². The predicted octanol–water partition coefficient (Wildman–Crippen LogP) is 4.29. The van der Waals surface area contributed by atoms with Crippen molar-refractivity contribution in [2.45, 2.75) is 6.18 Å². The van der Waals surface area contributed by atoms with Crippen LogP contribution in [-0.2, 0) is 6.18 Å². The Morgan fingerprint density at radius 2 is 2.06 bits per heavy atom. The molecule has 0 amide bonds. The summed E-state index contributed by atoms with van der Waals surface area (Å²) in [6.07, 6.45) is -4.34. The zero-order valence-corrected chi connectivity index (χ0v) is 10.5. The van der Waals surface area contributed by atoms with Gasteiger partial charge >= 0.3 is 6.18 Å². The van der Waals surface area contributed by atoms with Gasteiger partial charge in [0.25, 0.3) is 0 Å². The molecule has 6 heteroatoms. The van der Waals surface area contributed by atoms with E-state index in [-0.39, 0.29) is 0 Å². The molecule has 1 aliphatic heterocycles. The van der Waals surface area contributed by atoms with Crippen molar-refractivity contribution in [3.05, 3.63) is 39.8 Å².